The molecule has 0 N–H and O–H groups in total. The summed E-state index contributed by atoms with van der Waals surface area (Å²) in [6.45, 7) is 2.05. The van der Waals surface area contributed by atoms with Crippen LogP contribution in [0.1, 0.15) is 5.56 Å². The van der Waals surface area contributed by atoms with Gasteiger partial charge in [0, 0.05) is 26.4 Å². The van der Waals surface area contributed by atoms with Gasteiger partial charge in [-0.1, -0.05) is 54.1 Å². The van der Waals surface area contributed by atoms with Crippen molar-refractivity contribution in [2.75, 3.05) is 0 Å². The van der Waals surface area contributed by atoms with Gasteiger partial charge in [-0.2, -0.15) is 0 Å². The number of nitrogens with zero attached hydrogens (tertiary/aromatic N) is 1. The molecule has 0 aliphatic rings. The van der Waals surface area contributed by atoms with Gasteiger partial charge in [0.25, 0.3) is 0 Å². The lowest BCUT2D eigenvalue weighted by Gasteiger charge is -2.09. The minimum absolute atomic E-state index is 0.559. The summed E-state index contributed by atoms with van der Waals surface area (Å²) in [7, 11) is 0. The van der Waals surface area contributed by atoms with Gasteiger partial charge in [0.15, 0.2) is 0 Å². The van der Waals surface area contributed by atoms with Crippen molar-refractivity contribution >= 4 is 65.2 Å². The van der Waals surface area contributed by atoms with Gasteiger partial charge in [0.1, 0.15) is 16.3 Å². The second-order valence-electron chi connectivity index (χ2n) is 6.99. The molecule has 0 aliphatic carbocycles. The predicted molar refractivity (Wildman–Crippen MR) is 120 cm³/mol. The van der Waals surface area contributed by atoms with E-state index in [4.69, 9.17) is 21.0 Å². The average molecular weight is 400 g/mol. The Hall–Kier alpha value is -2.88. The quantitative estimate of drug-likeness (QED) is 0.262. The number of halogens is 1. The van der Waals surface area contributed by atoms with E-state index in [9.17, 15) is 0 Å². The Balaban J connectivity index is 1.74. The Morgan fingerprint density at radius 3 is 2.50 bits per heavy atom. The number of benzene rings is 3. The number of para-hydroxylation sites is 1. The molecule has 0 aliphatic heterocycles. The zero-order valence-corrected chi connectivity index (χ0v) is 16.6. The molecule has 0 saturated carbocycles. The second-order valence-corrected chi connectivity index (χ2v) is 8.40. The molecule has 6 rings (SSSR count). The third-order valence-electron chi connectivity index (χ3n) is 5.36. The topological polar surface area (TPSA) is 26.0 Å². The van der Waals surface area contributed by atoms with Gasteiger partial charge in [-0.3, -0.25) is 0 Å². The molecular formula is C24H14ClNOS. The number of hydrogen-bond donors (Lipinski definition) is 0. The third-order valence-corrected chi connectivity index (χ3v) is 6.90. The van der Waals surface area contributed by atoms with Crippen LogP contribution in [-0.2, 0) is 0 Å². The maximum Gasteiger partial charge on any atom is 0.135 e. The Morgan fingerprint density at radius 1 is 0.857 bits per heavy atom. The largest absolute Gasteiger partial charge is 0.456 e. The number of thiophene rings is 1. The lowest BCUT2D eigenvalue weighted by Crippen LogP contribution is -1.89. The van der Waals surface area contributed by atoms with Gasteiger partial charge in [-0.05, 0) is 42.3 Å². The Labute approximate surface area is 170 Å². The predicted octanol–water partition coefficient (Wildman–Crippen LogP) is 7.98. The molecule has 0 amide bonds. The van der Waals surface area contributed by atoms with Gasteiger partial charge >= 0.3 is 0 Å². The molecule has 0 radical (unpaired) electrons. The molecule has 28 heavy (non-hydrogen) atoms. The molecule has 0 bridgehead atoms. The first-order chi connectivity index (χ1) is 13.7. The Kier molecular flexibility index (Phi) is 3.34. The van der Waals surface area contributed by atoms with Gasteiger partial charge < -0.3 is 4.42 Å². The maximum atomic E-state index is 6.57. The van der Waals surface area contributed by atoms with E-state index >= 15 is 0 Å². The molecule has 3 aromatic carbocycles. The molecule has 4 heteroatoms. The molecule has 0 unspecified atom stereocenters. The summed E-state index contributed by atoms with van der Waals surface area (Å²) in [6.07, 6.45) is 0. The van der Waals surface area contributed by atoms with Crippen LogP contribution in [0.2, 0.25) is 5.15 Å². The lowest BCUT2D eigenvalue weighted by molar-refractivity contribution is 0.669. The number of aromatic nitrogens is 1. The van der Waals surface area contributed by atoms with E-state index in [0.29, 0.717) is 5.15 Å². The van der Waals surface area contributed by atoms with Crippen LogP contribution < -0.4 is 0 Å². The number of pyridine rings is 1. The van der Waals surface area contributed by atoms with Crippen molar-refractivity contribution in [2.24, 2.45) is 0 Å². The van der Waals surface area contributed by atoms with Crippen LogP contribution in [0, 0.1) is 6.92 Å². The van der Waals surface area contributed by atoms with E-state index in [0.717, 1.165) is 49.5 Å². The van der Waals surface area contributed by atoms with Gasteiger partial charge in [0.05, 0.1) is 10.2 Å². The van der Waals surface area contributed by atoms with Crippen molar-refractivity contribution in [3.8, 4) is 11.1 Å². The second kappa shape index (κ2) is 5.81. The van der Waals surface area contributed by atoms with Crippen molar-refractivity contribution in [1.82, 2.24) is 4.98 Å². The van der Waals surface area contributed by atoms with Crippen molar-refractivity contribution in [3.05, 3.63) is 77.4 Å². The molecular weight excluding hydrogens is 386 g/mol. The fourth-order valence-electron chi connectivity index (χ4n) is 4.00. The Bertz CT molecular complexity index is 1540. The van der Waals surface area contributed by atoms with E-state index in [1.807, 2.05) is 31.2 Å². The van der Waals surface area contributed by atoms with Crippen molar-refractivity contribution in [3.63, 3.8) is 0 Å². The summed E-state index contributed by atoms with van der Waals surface area (Å²) in [6, 6.07) is 22.9. The van der Waals surface area contributed by atoms with Crippen molar-refractivity contribution in [1.29, 1.82) is 0 Å². The molecule has 0 fully saturated rings. The third kappa shape index (κ3) is 2.17. The first kappa shape index (κ1) is 16.1. The van der Waals surface area contributed by atoms with Crippen LogP contribution in [0.25, 0.3) is 53.4 Å². The first-order valence-corrected chi connectivity index (χ1v) is 10.3. The summed E-state index contributed by atoms with van der Waals surface area (Å²) < 4.78 is 8.40. The zero-order chi connectivity index (χ0) is 18.8. The fourth-order valence-corrected chi connectivity index (χ4v) is 5.44. The van der Waals surface area contributed by atoms with Crippen LogP contribution in [0.15, 0.2) is 71.1 Å². The molecule has 6 aromatic rings. The summed E-state index contributed by atoms with van der Waals surface area (Å²) in [5.74, 6) is 0. The minimum Gasteiger partial charge on any atom is -0.456 e. The van der Waals surface area contributed by atoms with Crippen molar-refractivity contribution < 1.29 is 4.42 Å². The number of furan rings is 1. The molecule has 3 heterocycles. The van der Waals surface area contributed by atoms with E-state index in [1.54, 1.807) is 11.3 Å². The normalized spacial score (nSPS) is 11.9. The highest BCUT2D eigenvalue weighted by molar-refractivity contribution is 7.26. The van der Waals surface area contributed by atoms with Crippen LogP contribution in [0.4, 0.5) is 0 Å². The summed E-state index contributed by atoms with van der Waals surface area (Å²) in [5, 5.41) is 3.96. The highest BCUT2D eigenvalue weighted by Gasteiger charge is 2.18. The summed E-state index contributed by atoms with van der Waals surface area (Å²) in [5.41, 5.74) is 6.08. The number of hydrogen-bond acceptors (Lipinski definition) is 3. The summed E-state index contributed by atoms with van der Waals surface area (Å²) >= 11 is 8.34. The standard InChI is InChI=1S/C24H14ClNOS/c1-13-21(23-22(26-24(13)25)16-7-3-5-9-20(16)28-23)14-10-11-19-17(12-14)15-6-2-4-8-18(15)27-19/h2-12H,1H3. The monoisotopic (exact) mass is 399 g/mol. The van der Waals surface area contributed by atoms with E-state index < -0.39 is 0 Å². The number of rotatable bonds is 1. The van der Waals surface area contributed by atoms with Crippen molar-refractivity contribution in [2.45, 2.75) is 6.92 Å². The van der Waals surface area contributed by atoms with Crippen LogP contribution >= 0.6 is 22.9 Å². The molecule has 0 saturated heterocycles. The van der Waals surface area contributed by atoms with Gasteiger partial charge in [-0.15, -0.1) is 11.3 Å². The van der Waals surface area contributed by atoms with Crippen LogP contribution in [0.3, 0.4) is 0 Å². The minimum atomic E-state index is 0.559. The first-order valence-electron chi connectivity index (χ1n) is 9.10. The molecule has 3 aromatic heterocycles. The highest BCUT2D eigenvalue weighted by Crippen LogP contribution is 2.43. The molecule has 0 atom stereocenters. The van der Waals surface area contributed by atoms with Crippen LogP contribution in [-0.4, -0.2) is 4.98 Å². The smallest absolute Gasteiger partial charge is 0.135 e. The zero-order valence-electron chi connectivity index (χ0n) is 15.0. The average Bonchev–Trinajstić information content (AvgIpc) is 3.27. The lowest BCUT2D eigenvalue weighted by atomic mass is 9.99. The Morgan fingerprint density at radius 2 is 1.61 bits per heavy atom. The highest BCUT2D eigenvalue weighted by atomic mass is 35.5. The number of fused-ring (bicyclic) bond motifs is 6. The summed E-state index contributed by atoms with van der Waals surface area (Å²) in [4.78, 5) is 4.71. The van der Waals surface area contributed by atoms with E-state index in [1.165, 1.54) is 9.40 Å². The fraction of sp³-hybridized carbons (Fsp3) is 0.0417. The van der Waals surface area contributed by atoms with Crippen LogP contribution in [0.5, 0.6) is 0 Å². The van der Waals surface area contributed by atoms with E-state index in [-0.39, 0.29) is 0 Å². The van der Waals surface area contributed by atoms with Gasteiger partial charge in [-0.25, -0.2) is 4.98 Å². The maximum absolute atomic E-state index is 6.57. The SMILES string of the molecule is Cc1c(Cl)nc2c(sc3ccccc32)c1-c1ccc2oc3ccccc3c2c1. The van der Waals surface area contributed by atoms with E-state index in [2.05, 4.69) is 42.5 Å². The molecule has 2 nitrogen and oxygen atoms in total. The molecule has 0 spiro atoms. The molecule has 134 valence electrons. The van der Waals surface area contributed by atoms with Gasteiger partial charge in [0.2, 0.25) is 0 Å².